The number of carboxylic acid groups (broad SMARTS) is 1. The number of carboxylic acids is 1. The minimum Gasteiger partial charge on any atom is -0.478 e. The van der Waals surface area contributed by atoms with E-state index < -0.39 is 5.97 Å². The van der Waals surface area contributed by atoms with Gasteiger partial charge in [0.2, 0.25) is 0 Å². The van der Waals surface area contributed by atoms with Gasteiger partial charge in [-0.2, -0.15) is 0 Å². The zero-order valence-electron chi connectivity index (χ0n) is 15.2. The van der Waals surface area contributed by atoms with Gasteiger partial charge in [0.15, 0.2) is 0 Å². The van der Waals surface area contributed by atoms with Crippen molar-refractivity contribution in [2.75, 3.05) is 5.32 Å². The molecule has 0 radical (unpaired) electrons. The van der Waals surface area contributed by atoms with Crippen LogP contribution in [0.4, 0.5) is 5.69 Å². The van der Waals surface area contributed by atoms with Crippen LogP contribution in [0, 0.1) is 0 Å². The molecule has 0 bridgehead atoms. The van der Waals surface area contributed by atoms with E-state index >= 15 is 0 Å². The topological polar surface area (TPSA) is 84.2 Å². The number of aromatic nitrogens is 2. The Bertz CT molecular complexity index is 996. The summed E-state index contributed by atoms with van der Waals surface area (Å²) in [5.41, 5.74) is 3.19. The van der Waals surface area contributed by atoms with Gasteiger partial charge in [-0.05, 0) is 35.2 Å². The lowest BCUT2D eigenvalue weighted by Gasteiger charge is -2.19. The van der Waals surface area contributed by atoms with E-state index in [4.69, 9.17) is 0 Å². The molecule has 0 unspecified atom stereocenters. The van der Waals surface area contributed by atoms with Gasteiger partial charge in [0, 0.05) is 18.3 Å². The van der Waals surface area contributed by atoms with Crippen LogP contribution in [0.25, 0.3) is 11.0 Å². The summed E-state index contributed by atoms with van der Waals surface area (Å²) in [6, 6.07) is 10.5. The molecule has 134 valence electrons. The average molecular weight is 351 g/mol. The molecule has 6 heteroatoms. The second-order valence-electron chi connectivity index (χ2n) is 7.33. The van der Waals surface area contributed by atoms with E-state index in [1.807, 2.05) is 12.1 Å². The van der Waals surface area contributed by atoms with Gasteiger partial charge in [0.1, 0.15) is 0 Å². The molecule has 0 saturated heterocycles. The molecule has 1 aromatic heterocycles. The van der Waals surface area contributed by atoms with Crippen LogP contribution in [0.3, 0.4) is 0 Å². The molecule has 0 aliphatic heterocycles. The first-order chi connectivity index (χ1) is 12.2. The second-order valence-corrected chi connectivity index (χ2v) is 7.33. The van der Waals surface area contributed by atoms with Gasteiger partial charge in [-0.25, -0.2) is 9.78 Å². The smallest absolute Gasteiger partial charge is 0.337 e. The van der Waals surface area contributed by atoms with Gasteiger partial charge >= 0.3 is 5.97 Å². The lowest BCUT2D eigenvalue weighted by atomic mass is 9.87. The Morgan fingerprint density at radius 1 is 1.12 bits per heavy atom. The summed E-state index contributed by atoms with van der Waals surface area (Å²) in [7, 11) is 1.73. The molecule has 26 heavy (non-hydrogen) atoms. The largest absolute Gasteiger partial charge is 0.478 e. The number of aromatic carboxylic acids is 1. The molecular formula is C20H21N3O3. The van der Waals surface area contributed by atoms with Gasteiger partial charge < -0.3 is 15.0 Å². The Kier molecular flexibility index (Phi) is 4.28. The Balaban J connectivity index is 1.91. The highest BCUT2D eigenvalue weighted by Gasteiger charge is 2.17. The van der Waals surface area contributed by atoms with E-state index in [1.165, 1.54) is 6.07 Å². The third-order valence-electron chi connectivity index (χ3n) is 4.31. The molecule has 3 rings (SSSR count). The SMILES string of the molecule is Cn1cnc2cc(NC(=O)c3ccc(C(C)(C)C)cc3)cc(C(=O)O)c21. The van der Waals surface area contributed by atoms with Crippen molar-refractivity contribution in [3.05, 3.63) is 59.4 Å². The third kappa shape index (κ3) is 3.31. The average Bonchev–Trinajstić information content (AvgIpc) is 2.94. The van der Waals surface area contributed by atoms with Gasteiger partial charge in [-0.3, -0.25) is 4.79 Å². The number of imidazole rings is 1. The Labute approximate surface area is 151 Å². The number of rotatable bonds is 3. The zero-order chi connectivity index (χ0) is 19.1. The van der Waals surface area contributed by atoms with Crippen LogP contribution in [0.1, 0.15) is 47.1 Å². The molecule has 2 aromatic carbocycles. The highest BCUT2D eigenvalue weighted by molar-refractivity contribution is 6.08. The lowest BCUT2D eigenvalue weighted by Crippen LogP contribution is -2.14. The standard InChI is InChI=1S/C20H21N3O3/c1-20(2,3)13-7-5-12(6-8-13)18(24)22-14-9-15(19(25)26)17-16(10-14)21-11-23(17)4/h5-11H,1-4H3,(H,22,24)(H,25,26). The summed E-state index contributed by atoms with van der Waals surface area (Å²) in [6.45, 7) is 6.33. The third-order valence-corrected chi connectivity index (χ3v) is 4.31. The molecule has 1 heterocycles. The molecule has 0 atom stereocenters. The monoisotopic (exact) mass is 351 g/mol. The molecule has 0 fully saturated rings. The first kappa shape index (κ1) is 17.7. The molecule has 0 aliphatic carbocycles. The fourth-order valence-electron chi connectivity index (χ4n) is 2.85. The summed E-state index contributed by atoms with van der Waals surface area (Å²) in [5.74, 6) is -1.36. The molecule has 3 aromatic rings. The summed E-state index contributed by atoms with van der Waals surface area (Å²) in [6.07, 6.45) is 1.55. The number of nitrogens with one attached hydrogen (secondary N) is 1. The van der Waals surface area contributed by atoms with E-state index in [9.17, 15) is 14.7 Å². The van der Waals surface area contributed by atoms with Crippen molar-refractivity contribution in [3.8, 4) is 0 Å². The van der Waals surface area contributed by atoms with Gasteiger partial charge in [-0.1, -0.05) is 32.9 Å². The first-order valence-electron chi connectivity index (χ1n) is 8.27. The van der Waals surface area contributed by atoms with Crippen LogP contribution >= 0.6 is 0 Å². The zero-order valence-corrected chi connectivity index (χ0v) is 15.2. The molecule has 1 amide bonds. The van der Waals surface area contributed by atoms with Gasteiger partial charge in [0.25, 0.3) is 5.91 Å². The van der Waals surface area contributed by atoms with E-state index in [0.717, 1.165) is 5.56 Å². The molecule has 2 N–H and O–H groups in total. The summed E-state index contributed by atoms with van der Waals surface area (Å²) in [5, 5.41) is 12.2. The van der Waals surface area contributed by atoms with E-state index in [1.54, 1.807) is 36.1 Å². The number of anilines is 1. The Morgan fingerprint density at radius 2 is 1.77 bits per heavy atom. The fourth-order valence-corrected chi connectivity index (χ4v) is 2.85. The number of fused-ring (bicyclic) bond motifs is 1. The highest BCUT2D eigenvalue weighted by Crippen LogP contribution is 2.25. The Morgan fingerprint density at radius 3 is 2.35 bits per heavy atom. The van der Waals surface area contributed by atoms with Crippen molar-refractivity contribution in [1.82, 2.24) is 9.55 Å². The maximum Gasteiger partial charge on any atom is 0.337 e. The van der Waals surface area contributed by atoms with Crippen LogP contribution in [-0.4, -0.2) is 26.5 Å². The van der Waals surface area contributed by atoms with Crippen molar-refractivity contribution in [2.45, 2.75) is 26.2 Å². The van der Waals surface area contributed by atoms with Crippen LogP contribution < -0.4 is 5.32 Å². The molecular weight excluding hydrogens is 330 g/mol. The molecule has 6 nitrogen and oxygen atoms in total. The van der Waals surface area contributed by atoms with E-state index in [-0.39, 0.29) is 16.9 Å². The van der Waals surface area contributed by atoms with Crippen molar-refractivity contribution < 1.29 is 14.7 Å². The second kappa shape index (κ2) is 6.29. The number of nitrogens with zero attached hydrogens (tertiary/aromatic N) is 2. The predicted octanol–water partition coefficient (Wildman–Crippen LogP) is 3.82. The molecule has 0 aliphatic rings. The van der Waals surface area contributed by atoms with Crippen molar-refractivity contribution in [3.63, 3.8) is 0 Å². The van der Waals surface area contributed by atoms with Crippen molar-refractivity contribution in [1.29, 1.82) is 0 Å². The fraction of sp³-hybridized carbons (Fsp3) is 0.250. The van der Waals surface area contributed by atoms with Crippen LogP contribution in [-0.2, 0) is 12.5 Å². The van der Waals surface area contributed by atoms with Gasteiger partial charge in [0.05, 0.1) is 22.9 Å². The molecule has 0 saturated carbocycles. The van der Waals surface area contributed by atoms with E-state index in [2.05, 4.69) is 31.1 Å². The quantitative estimate of drug-likeness (QED) is 0.751. The van der Waals surface area contributed by atoms with Crippen molar-refractivity contribution >= 4 is 28.6 Å². The lowest BCUT2D eigenvalue weighted by molar-refractivity contribution is 0.0698. The van der Waals surface area contributed by atoms with Gasteiger partial charge in [-0.15, -0.1) is 0 Å². The maximum absolute atomic E-state index is 12.5. The maximum atomic E-state index is 12.5. The number of amides is 1. The number of hydrogen-bond donors (Lipinski definition) is 2. The van der Waals surface area contributed by atoms with E-state index in [0.29, 0.717) is 22.3 Å². The number of hydrogen-bond acceptors (Lipinski definition) is 3. The summed E-state index contributed by atoms with van der Waals surface area (Å²) < 4.78 is 1.65. The first-order valence-corrected chi connectivity index (χ1v) is 8.27. The number of carbonyl (C=O) groups excluding carboxylic acids is 1. The van der Waals surface area contributed by atoms with Crippen LogP contribution in [0.2, 0.25) is 0 Å². The number of carbonyl (C=O) groups is 2. The minimum atomic E-state index is -1.07. The Hall–Kier alpha value is -3.15. The van der Waals surface area contributed by atoms with Crippen LogP contribution in [0.5, 0.6) is 0 Å². The summed E-state index contributed by atoms with van der Waals surface area (Å²) >= 11 is 0. The van der Waals surface area contributed by atoms with Crippen molar-refractivity contribution in [2.24, 2.45) is 7.05 Å². The number of aryl methyl sites for hydroxylation is 1. The number of benzene rings is 2. The summed E-state index contributed by atoms with van der Waals surface area (Å²) in [4.78, 5) is 28.3. The predicted molar refractivity (Wildman–Crippen MR) is 101 cm³/mol. The molecule has 0 spiro atoms. The van der Waals surface area contributed by atoms with Crippen LogP contribution in [0.15, 0.2) is 42.7 Å². The normalized spacial score (nSPS) is 11.5. The highest BCUT2D eigenvalue weighted by atomic mass is 16.4. The minimum absolute atomic E-state index is 0.00934.